The number of piperidine rings is 1. The fourth-order valence-corrected chi connectivity index (χ4v) is 3.99. The van der Waals surface area contributed by atoms with Gasteiger partial charge in [-0.15, -0.1) is 11.7 Å². The van der Waals surface area contributed by atoms with E-state index in [1.165, 1.54) is 12.1 Å². The van der Waals surface area contributed by atoms with Gasteiger partial charge in [0, 0.05) is 31.2 Å². The Balaban J connectivity index is 1.43. The van der Waals surface area contributed by atoms with E-state index in [-0.39, 0.29) is 5.82 Å². The van der Waals surface area contributed by atoms with E-state index in [4.69, 9.17) is 0 Å². The average molecular weight is 357 g/mol. The Morgan fingerprint density at radius 1 is 1.28 bits per heavy atom. The number of nitrogens with one attached hydrogen (secondary N) is 1. The Morgan fingerprint density at radius 3 is 2.72 bits per heavy atom. The summed E-state index contributed by atoms with van der Waals surface area (Å²) in [6, 6.07) is 6.81. The molecule has 3 aromatic rings. The number of fused-ring (bicyclic) bond motifs is 1. The number of likely N-dealkylation sites (tertiary alicyclic amines) is 1. The molecule has 1 aliphatic rings. The van der Waals surface area contributed by atoms with E-state index >= 15 is 0 Å². The van der Waals surface area contributed by atoms with Gasteiger partial charge in [0.1, 0.15) is 5.82 Å². The van der Waals surface area contributed by atoms with E-state index < -0.39 is 0 Å². The topological polar surface area (TPSA) is 45.5 Å². The highest BCUT2D eigenvalue weighted by Gasteiger charge is 2.19. The zero-order chi connectivity index (χ0) is 17.2. The predicted molar refractivity (Wildman–Crippen MR) is 99.5 cm³/mol. The van der Waals surface area contributed by atoms with Crippen molar-refractivity contribution < 1.29 is 4.39 Å². The SMILES string of the molecule is C=CCN1CCC(Nc2nn3cc(-c4ccc(F)cc4)nc3s2)CC1. The van der Waals surface area contributed by atoms with Crippen molar-refractivity contribution in [2.75, 3.05) is 25.0 Å². The van der Waals surface area contributed by atoms with E-state index in [0.29, 0.717) is 6.04 Å². The largest absolute Gasteiger partial charge is 0.357 e. The molecule has 0 amide bonds. The molecule has 2 aromatic heterocycles. The molecule has 4 rings (SSSR count). The normalized spacial score (nSPS) is 16.4. The summed E-state index contributed by atoms with van der Waals surface area (Å²) in [4.78, 5) is 7.85. The monoisotopic (exact) mass is 357 g/mol. The van der Waals surface area contributed by atoms with Crippen LogP contribution in [0.3, 0.4) is 0 Å². The van der Waals surface area contributed by atoms with E-state index in [0.717, 1.165) is 53.8 Å². The highest BCUT2D eigenvalue weighted by atomic mass is 32.1. The number of halogens is 1. The van der Waals surface area contributed by atoms with Gasteiger partial charge in [0.15, 0.2) is 0 Å². The Morgan fingerprint density at radius 2 is 2.04 bits per heavy atom. The lowest BCUT2D eigenvalue weighted by Gasteiger charge is -2.31. The number of rotatable bonds is 5. The molecule has 0 unspecified atom stereocenters. The first-order valence-electron chi connectivity index (χ1n) is 8.43. The minimum absolute atomic E-state index is 0.242. The molecule has 1 aromatic carbocycles. The Labute approximate surface area is 149 Å². The highest BCUT2D eigenvalue weighted by molar-refractivity contribution is 7.20. The average Bonchev–Trinajstić information content (AvgIpc) is 3.16. The number of anilines is 1. The molecule has 130 valence electrons. The zero-order valence-corrected chi connectivity index (χ0v) is 14.7. The van der Waals surface area contributed by atoms with Gasteiger partial charge in [0.2, 0.25) is 10.1 Å². The van der Waals surface area contributed by atoms with Crippen molar-refractivity contribution in [3.05, 3.63) is 48.9 Å². The molecule has 5 nitrogen and oxygen atoms in total. The third-order valence-corrected chi connectivity index (χ3v) is 5.34. The molecule has 0 radical (unpaired) electrons. The maximum atomic E-state index is 13.0. The lowest BCUT2D eigenvalue weighted by atomic mass is 10.1. The Bertz CT molecular complexity index is 830. The van der Waals surface area contributed by atoms with Gasteiger partial charge < -0.3 is 5.32 Å². The fourth-order valence-electron chi connectivity index (χ4n) is 3.14. The van der Waals surface area contributed by atoms with Crippen molar-refractivity contribution in [1.29, 1.82) is 0 Å². The third kappa shape index (κ3) is 3.57. The molecule has 0 saturated carbocycles. The molecule has 0 aliphatic carbocycles. The first-order valence-corrected chi connectivity index (χ1v) is 9.25. The van der Waals surface area contributed by atoms with Crippen LogP contribution in [-0.2, 0) is 0 Å². The summed E-state index contributed by atoms with van der Waals surface area (Å²) in [6.45, 7) is 6.93. The molecular formula is C18H20FN5S. The van der Waals surface area contributed by atoms with Crippen LogP contribution in [0, 0.1) is 5.82 Å². The van der Waals surface area contributed by atoms with Crippen molar-refractivity contribution in [1.82, 2.24) is 19.5 Å². The molecule has 25 heavy (non-hydrogen) atoms. The van der Waals surface area contributed by atoms with Gasteiger partial charge in [0.05, 0.1) is 11.9 Å². The van der Waals surface area contributed by atoms with Gasteiger partial charge in [-0.1, -0.05) is 17.4 Å². The molecule has 1 fully saturated rings. The number of hydrogen-bond donors (Lipinski definition) is 1. The first-order chi connectivity index (χ1) is 12.2. The first kappa shape index (κ1) is 16.2. The maximum Gasteiger partial charge on any atom is 0.214 e. The molecule has 0 atom stereocenters. The second-order valence-corrected chi connectivity index (χ2v) is 7.23. The van der Waals surface area contributed by atoms with Crippen LogP contribution >= 0.6 is 11.3 Å². The summed E-state index contributed by atoms with van der Waals surface area (Å²) in [5.41, 5.74) is 1.70. The lowest BCUT2D eigenvalue weighted by Crippen LogP contribution is -2.39. The number of nitrogens with zero attached hydrogens (tertiary/aromatic N) is 4. The molecule has 7 heteroatoms. The molecule has 3 heterocycles. The van der Waals surface area contributed by atoms with Crippen molar-refractivity contribution in [3.63, 3.8) is 0 Å². The van der Waals surface area contributed by atoms with E-state index in [9.17, 15) is 4.39 Å². The van der Waals surface area contributed by atoms with Crippen molar-refractivity contribution in [2.24, 2.45) is 0 Å². The minimum Gasteiger partial charge on any atom is -0.357 e. The van der Waals surface area contributed by atoms with Crippen molar-refractivity contribution in [2.45, 2.75) is 18.9 Å². The fraction of sp³-hybridized carbons (Fsp3) is 0.333. The summed E-state index contributed by atoms with van der Waals surface area (Å²) >= 11 is 1.55. The van der Waals surface area contributed by atoms with Gasteiger partial charge in [-0.05, 0) is 37.1 Å². The van der Waals surface area contributed by atoms with Crippen LogP contribution in [0.5, 0.6) is 0 Å². The quantitative estimate of drug-likeness (QED) is 0.708. The van der Waals surface area contributed by atoms with E-state index in [1.54, 1.807) is 28.0 Å². The van der Waals surface area contributed by atoms with E-state index in [1.807, 2.05) is 12.3 Å². The molecule has 1 aliphatic heterocycles. The van der Waals surface area contributed by atoms with Crippen LogP contribution in [-0.4, -0.2) is 45.2 Å². The van der Waals surface area contributed by atoms with Gasteiger partial charge in [-0.2, -0.15) is 0 Å². The number of hydrogen-bond acceptors (Lipinski definition) is 5. The van der Waals surface area contributed by atoms with Gasteiger partial charge in [-0.25, -0.2) is 13.9 Å². The number of aromatic nitrogens is 3. The van der Waals surface area contributed by atoms with Crippen molar-refractivity contribution in [3.8, 4) is 11.3 Å². The summed E-state index contributed by atoms with van der Waals surface area (Å²) in [7, 11) is 0. The van der Waals surface area contributed by atoms with Gasteiger partial charge >= 0.3 is 0 Å². The highest BCUT2D eigenvalue weighted by Crippen LogP contribution is 2.26. The van der Waals surface area contributed by atoms with E-state index in [2.05, 4.69) is 26.9 Å². The van der Waals surface area contributed by atoms with Crippen LogP contribution in [0.1, 0.15) is 12.8 Å². The molecule has 1 saturated heterocycles. The van der Waals surface area contributed by atoms with Crippen LogP contribution in [0.4, 0.5) is 9.52 Å². The van der Waals surface area contributed by atoms with Crippen LogP contribution in [0.15, 0.2) is 43.1 Å². The summed E-state index contributed by atoms with van der Waals surface area (Å²) in [5.74, 6) is -0.242. The predicted octanol–water partition coefficient (Wildman–Crippen LogP) is 3.66. The van der Waals surface area contributed by atoms with Crippen molar-refractivity contribution >= 4 is 21.4 Å². The second-order valence-electron chi connectivity index (χ2n) is 6.28. The Hall–Kier alpha value is -2.25. The second kappa shape index (κ2) is 6.93. The lowest BCUT2D eigenvalue weighted by molar-refractivity contribution is 0.240. The summed E-state index contributed by atoms with van der Waals surface area (Å²) in [5, 5.41) is 9.01. The van der Waals surface area contributed by atoms with Crippen LogP contribution in [0.25, 0.3) is 16.2 Å². The third-order valence-electron chi connectivity index (χ3n) is 4.49. The standard InChI is InChI=1S/C18H20FN5S/c1-2-9-23-10-7-15(8-11-23)20-17-22-24-12-16(21-18(24)25-17)13-3-5-14(19)6-4-13/h2-6,12,15H,1,7-11H2,(H,20,22). The summed E-state index contributed by atoms with van der Waals surface area (Å²) < 4.78 is 14.8. The molecule has 0 spiro atoms. The molecular weight excluding hydrogens is 337 g/mol. The van der Waals surface area contributed by atoms with Crippen LogP contribution in [0.2, 0.25) is 0 Å². The molecule has 1 N–H and O–H groups in total. The number of imidazole rings is 1. The number of benzene rings is 1. The zero-order valence-electron chi connectivity index (χ0n) is 13.9. The minimum atomic E-state index is -0.242. The molecule has 0 bridgehead atoms. The summed E-state index contributed by atoms with van der Waals surface area (Å²) in [6.07, 6.45) is 6.06. The Kier molecular flexibility index (Phi) is 4.50. The van der Waals surface area contributed by atoms with Gasteiger partial charge in [-0.3, -0.25) is 4.90 Å². The van der Waals surface area contributed by atoms with Gasteiger partial charge in [0.25, 0.3) is 0 Å². The maximum absolute atomic E-state index is 13.0. The van der Waals surface area contributed by atoms with Crippen LogP contribution < -0.4 is 5.32 Å². The smallest absolute Gasteiger partial charge is 0.214 e.